The van der Waals surface area contributed by atoms with E-state index in [4.69, 9.17) is 15.2 Å². The van der Waals surface area contributed by atoms with E-state index in [-0.39, 0.29) is 49.5 Å². The number of amides is 2. The quantitative estimate of drug-likeness (QED) is 0.0928. The van der Waals surface area contributed by atoms with E-state index in [9.17, 15) is 14.7 Å². The topological polar surface area (TPSA) is 126 Å². The number of aliphatic hydroxyl groups is 1. The third kappa shape index (κ3) is 9.39. The van der Waals surface area contributed by atoms with Gasteiger partial charge in [0, 0.05) is 43.1 Å². The Hall–Kier alpha value is -5.06. The van der Waals surface area contributed by atoms with E-state index >= 15 is 0 Å². The normalized spacial score (nSPS) is 18.0. The fraction of sp³-hybridized carbons (Fsp3) is 0.286. The monoisotopic (exact) mass is 686 g/mol. The van der Waals surface area contributed by atoms with Crippen molar-refractivity contribution >= 4 is 39.6 Å². The number of hydrogen-bond donors (Lipinski definition) is 4. The van der Waals surface area contributed by atoms with Gasteiger partial charge in [0.1, 0.15) is 0 Å². The predicted octanol–water partition coefficient (Wildman–Crippen LogP) is 7.90. The number of fused-ring (bicyclic) bond motifs is 1. The number of anilines is 3. The number of aliphatic hydroxyl groups excluding tert-OH is 1. The lowest BCUT2D eigenvalue weighted by Crippen LogP contribution is -2.38. The van der Waals surface area contributed by atoms with Crippen LogP contribution in [0.25, 0.3) is 10.8 Å². The molecule has 1 heterocycles. The highest BCUT2D eigenvalue weighted by molar-refractivity contribution is 5.95. The molecule has 1 saturated heterocycles. The van der Waals surface area contributed by atoms with Crippen LogP contribution in [0.4, 0.5) is 17.1 Å². The Balaban J connectivity index is 1.11. The van der Waals surface area contributed by atoms with Gasteiger partial charge in [0.05, 0.1) is 30.2 Å². The van der Waals surface area contributed by atoms with Crippen LogP contribution in [0.15, 0.2) is 115 Å². The van der Waals surface area contributed by atoms with Crippen molar-refractivity contribution in [3.05, 3.63) is 138 Å². The van der Waals surface area contributed by atoms with E-state index in [1.165, 1.54) is 16.3 Å². The number of para-hydroxylation sites is 2. The summed E-state index contributed by atoms with van der Waals surface area (Å²) in [5.74, 6) is -0.379. The molecule has 0 spiro atoms. The van der Waals surface area contributed by atoms with Gasteiger partial charge in [-0.1, -0.05) is 84.9 Å². The molecular formula is C42H46N4O5. The Morgan fingerprint density at radius 2 is 1.55 bits per heavy atom. The minimum atomic E-state index is -0.665. The van der Waals surface area contributed by atoms with Crippen molar-refractivity contribution in [3.63, 3.8) is 0 Å². The molecular weight excluding hydrogens is 640 g/mol. The zero-order chi connectivity index (χ0) is 35.7. The summed E-state index contributed by atoms with van der Waals surface area (Å²) in [5, 5.41) is 17.8. The lowest BCUT2D eigenvalue weighted by molar-refractivity contribution is -0.253. The summed E-state index contributed by atoms with van der Waals surface area (Å²) < 4.78 is 13.2. The lowest BCUT2D eigenvalue weighted by Gasteiger charge is -2.39. The molecule has 5 aromatic carbocycles. The van der Waals surface area contributed by atoms with E-state index < -0.39 is 6.29 Å². The summed E-state index contributed by atoms with van der Waals surface area (Å²) >= 11 is 0. The van der Waals surface area contributed by atoms with Crippen molar-refractivity contribution in [2.45, 2.75) is 63.8 Å². The molecule has 0 aromatic heterocycles. The number of carbonyl (C=O) groups is 2. The number of carbonyl (C=O) groups excluding carboxylic acids is 2. The number of nitrogens with zero attached hydrogens (tertiary/aromatic N) is 1. The molecule has 9 nitrogen and oxygen atoms in total. The maximum atomic E-state index is 12.9. The number of benzene rings is 5. The molecule has 5 N–H and O–H groups in total. The van der Waals surface area contributed by atoms with E-state index in [2.05, 4.69) is 72.0 Å². The Kier molecular flexibility index (Phi) is 11.8. The SMILES string of the molecule is CC(c1ccc2ccccc2c1)N(C)CC1CC(c2ccc(CO)cc2)OC(c2cccc(NC(=O)CCCC(=O)Nc3ccccc3N)c2)O1. The highest BCUT2D eigenvalue weighted by atomic mass is 16.7. The molecule has 1 aliphatic rings. The standard InChI is InChI=1S/C42H46N4O5/c1-28(32-22-21-30-9-3-4-10-33(30)23-32)46(2)26-36-25-39(31-19-17-29(27-47)18-20-31)51-42(50-36)34-11-7-12-35(24-34)44-40(48)15-8-16-41(49)45-38-14-6-5-13-37(38)43/h3-7,9-14,17-24,28,36,39,42,47H,8,15-16,25-27,43H2,1-2H3,(H,44,48)(H,45,49). The number of nitrogens with two attached hydrogens (primary N) is 1. The molecule has 1 aliphatic heterocycles. The van der Waals surface area contributed by atoms with Crippen molar-refractivity contribution in [2.24, 2.45) is 0 Å². The average Bonchev–Trinajstić information content (AvgIpc) is 3.15. The minimum Gasteiger partial charge on any atom is -0.397 e. The van der Waals surface area contributed by atoms with Crippen LogP contribution in [0.3, 0.4) is 0 Å². The Labute approximate surface area is 299 Å². The second kappa shape index (κ2) is 16.8. The predicted molar refractivity (Wildman–Crippen MR) is 202 cm³/mol. The van der Waals surface area contributed by atoms with Crippen LogP contribution in [0.2, 0.25) is 0 Å². The zero-order valence-corrected chi connectivity index (χ0v) is 29.1. The van der Waals surface area contributed by atoms with Crippen LogP contribution in [-0.2, 0) is 25.7 Å². The average molecular weight is 687 g/mol. The van der Waals surface area contributed by atoms with Crippen molar-refractivity contribution in [2.75, 3.05) is 30.0 Å². The van der Waals surface area contributed by atoms with Gasteiger partial charge >= 0.3 is 0 Å². The molecule has 5 aromatic rings. The van der Waals surface area contributed by atoms with Gasteiger partial charge in [0.25, 0.3) is 0 Å². The van der Waals surface area contributed by atoms with Gasteiger partial charge in [-0.3, -0.25) is 14.5 Å². The lowest BCUT2D eigenvalue weighted by atomic mass is 9.98. The molecule has 4 unspecified atom stereocenters. The van der Waals surface area contributed by atoms with E-state index in [1.54, 1.807) is 24.3 Å². The number of rotatable bonds is 13. The van der Waals surface area contributed by atoms with Crippen LogP contribution in [0, 0.1) is 0 Å². The Morgan fingerprint density at radius 3 is 2.31 bits per heavy atom. The summed E-state index contributed by atoms with van der Waals surface area (Å²) in [6.45, 7) is 2.87. The number of ether oxygens (including phenoxy) is 2. The summed E-state index contributed by atoms with van der Waals surface area (Å²) in [7, 11) is 2.12. The van der Waals surface area contributed by atoms with Crippen molar-refractivity contribution in [1.29, 1.82) is 0 Å². The Bertz CT molecular complexity index is 1950. The molecule has 2 amide bonds. The highest BCUT2D eigenvalue weighted by Crippen LogP contribution is 2.39. The summed E-state index contributed by atoms with van der Waals surface area (Å²) in [4.78, 5) is 27.6. The molecule has 0 aliphatic carbocycles. The molecule has 0 bridgehead atoms. The number of nitrogens with one attached hydrogen (secondary N) is 2. The first-order valence-electron chi connectivity index (χ1n) is 17.5. The van der Waals surface area contributed by atoms with Crippen LogP contribution in [0.5, 0.6) is 0 Å². The van der Waals surface area contributed by atoms with E-state index in [0.717, 1.165) is 16.7 Å². The molecule has 9 heteroatoms. The number of hydrogen-bond acceptors (Lipinski definition) is 7. The smallest absolute Gasteiger partial charge is 0.224 e. The van der Waals surface area contributed by atoms with Gasteiger partial charge in [-0.2, -0.15) is 0 Å². The maximum Gasteiger partial charge on any atom is 0.224 e. The third-order valence-corrected chi connectivity index (χ3v) is 9.51. The second-order valence-corrected chi connectivity index (χ2v) is 13.2. The van der Waals surface area contributed by atoms with Crippen LogP contribution in [0.1, 0.15) is 73.3 Å². The van der Waals surface area contributed by atoms with Gasteiger partial charge in [-0.25, -0.2) is 0 Å². The van der Waals surface area contributed by atoms with Gasteiger partial charge in [0.15, 0.2) is 6.29 Å². The first kappa shape index (κ1) is 35.8. The number of nitrogen functional groups attached to an aromatic ring is 1. The molecule has 0 radical (unpaired) electrons. The molecule has 51 heavy (non-hydrogen) atoms. The molecule has 6 rings (SSSR count). The van der Waals surface area contributed by atoms with Crippen molar-refractivity contribution < 1.29 is 24.2 Å². The third-order valence-electron chi connectivity index (χ3n) is 9.51. The molecule has 0 saturated carbocycles. The largest absolute Gasteiger partial charge is 0.397 e. The molecule has 1 fully saturated rings. The second-order valence-electron chi connectivity index (χ2n) is 13.2. The van der Waals surface area contributed by atoms with Crippen molar-refractivity contribution in [1.82, 2.24) is 4.90 Å². The maximum absolute atomic E-state index is 12.9. The molecule has 4 atom stereocenters. The fourth-order valence-electron chi connectivity index (χ4n) is 6.45. The van der Waals surface area contributed by atoms with E-state index in [0.29, 0.717) is 36.4 Å². The summed E-state index contributed by atoms with van der Waals surface area (Å²) in [6, 6.07) is 37.6. The first-order valence-corrected chi connectivity index (χ1v) is 17.5. The van der Waals surface area contributed by atoms with Crippen LogP contribution < -0.4 is 16.4 Å². The first-order chi connectivity index (χ1) is 24.7. The van der Waals surface area contributed by atoms with Gasteiger partial charge in [-0.15, -0.1) is 0 Å². The zero-order valence-electron chi connectivity index (χ0n) is 29.1. The summed E-state index contributed by atoms with van der Waals surface area (Å²) in [6.07, 6.45) is 0.390. The molecule has 264 valence electrons. The minimum absolute atomic E-state index is 0.0217. The van der Waals surface area contributed by atoms with E-state index in [1.807, 2.05) is 48.5 Å². The summed E-state index contributed by atoms with van der Waals surface area (Å²) in [5.41, 5.74) is 11.5. The van der Waals surface area contributed by atoms with Crippen LogP contribution >= 0.6 is 0 Å². The number of likely N-dealkylation sites (N-methyl/N-ethyl adjacent to an activating group) is 1. The fourth-order valence-corrected chi connectivity index (χ4v) is 6.45. The highest BCUT2D eigenvalue weighted by Gasteiger charge is 2.33. The van der Waals surface area contributed by atoms with Gasteiger partial charge < -0.3 is 30.9 Å². The van der Waals surface area contributed by atoms with Gasteiger partial charge in [-0.05, 0) is 78.2 Å². The van der Waals surface area contributed by atoms with Gasteiger partial charge in [0.2, 0.25) is 11.8 Å². The Morgan fingerprint density at radius 1 is 0.824 bits per heavy atom. The van der Waals surface area contributed by atoms with Crippen LogP contribution in [-0.4, -0.2) is 41.5 Å². The van der Waals surface area contributed by atoms with Crippen molar-refractivity contribution in [3.8, 4) is 0 Å².